The molecule has 0 saturated heterocycles. The van der Waals surface area contributed by atoms with Gasteiger partial charge in [-0.2, -0.15) is 0 Å². The summed E-state index contributed by atoms with van der Waals surface area (Å²) in [5.41, 5.74) is 5.14. The van der Waals surface area contributed by atoms with E-state index in [1.165, 1.54) is 7.11 Å². The van der Waals surface area contributed by atoms with E-state index in [0.29, 0.717) is 12.3 Å². The maximum Gasteiger partial charge on any atom is 0.355 e. The van der Waals surface area contributed by atoms with Crippen molar-refractivity contribution >= 4 is 5.97 Å². The van der Waals surface area contributed by atoms with Crippen LogP contribution in [-0.2, 0) is 11.3 Å². The van der Waals surface area contributed by atoms with Crippen molar-refractivity contribution < 1.29 is 14.3 Å². The number of hydrogen-bond acceptors (Lipinski definition) is 3. The van der Waals surface area contributed by atoms with Crippen LogP contribution in [-0.4, -0.2) is 18.1 Å². The molecule has 2 heterocycles. The Morgan fingerprint density at radius 1 is 1.09 bits per heavy atom. The van der Waals surface area contributed by atoms with E-state index in [9.17, 15) is 4.79 Å². The molecule has 0 radical (unpaired) electrons. The topological polar surface area (TPSA) is 51.3 Å². The minimum atomic E-state index is -0.379. The van der Waals surface area contributed by atoms with Crippen LogP contribution in [0.1, 0.15) is 16.1 Å². The number of rotatable bonds is 2. The van der Waals surface area contributed by atoms with Crippen LogP contribution < -0.4 is 4.74 Å². The lowest BCUT2D eigenvalue weighted by Crippen LogP contribution is -2.05. The molecule has 1 aromatic heterocycles. The lowest BCUT2D eigenvalue weighted by molar-refractivity contribution is 0.0596. The number of aromatic nitrogens is 1. The third-order valence-corrected chi connectivity index (χ3v) is 4.08. The van der Waals surface area contributed by atoms with Gasteiger partial charge in [0.25, 0.3) is 0 Å². The van der Waals surface area contributed by atoms with Crippen LogP contribution >= 0.6 is 0 Å². The second-order valence-electron chi connectivity index (χ2n) is 5.37. The highest BCUT2D eigenvalue weighted by Crippen LogP contribution is 2.42. The average molecular weight is 305 g/mol. The van der Waals surface area contributed by atoms with E-state index in [1.807, 2.05) is 54.6 Å². The Kier molecular flexibility index (Phi) is 3.15. The molecule has 0 fully saturated rings. The summed E-state index contributed by atoms with van der Waals surface area (Å²) >= 11 is 0. The van der Waals surface area contributed by atoms with Crippen molar-refractivity contribution in [2.24, 2.45) is 0 Å². The molecule has 0 bridgehead atoms. The number of para-hydroxylation sites is 1. The number of carbonyl (C=O) groups excluding carboxylic acids is 1. The number of nitrogens with one attached hydrogen (secondary N) is 1. The zero-order chi connectivity index (χ0) is 15.8. The maximum atomic E-state index is 12.2. The maximum absolute atomic E-state index is 12.2. The Bertz CT molecular complexity index is 881. The molecule has 23 heavy (non-hydrogen) atoms. The highest BCUT2D eigenvalue weighted by Gasteiger charge is 2.28. The van der Waals surface area contributed by atoms with Crippen molar-refractivity contribution in [2.45, 2.75) is 6.61 Å². The third kappa shape index (κ3) is 2.11. The number of benzene rings is 2. The van der Waals surface area contributed by atoms with Gasteiger partial charge in [-0.3, -0.25) is 0 Å². The molecule has 114 valence electrons. The van der Waals surface area contributed by atoms with Gasteiger partial charge in [-0.15, -0.1) is 0 Å². The molecule has 4 rings (SSSR count). The fourth-order valence-electron chi connectivity index (χ4n) is 3.04. The van der Waals surface area contributed by atoms with Crippen LogP contribution in [0.25, 0.3) is 22.4 Å². The van der Waals surface area contributed by atoms with Gasteiger partial charge in [-0.05, 0) is 17.7 Å². The molecule has 0 spiro atoms. The first-order valence-corrected chi connectivity index (χ1v) is 7.40. The molecule has 1 aliphatic heterocycles. The number of fused-ring (bicyclic) bond motifs is 3. The number of aromatic amines is 1. The molecule has 0 aliphatic carbocycles. The fraction of sp³-hybridized carbons (Fsp3) is 0.105. The molecular formula is C19H15NO3. The Hall–Kier alpha value is -3.01. The lowest BCUT2D eigenvalue weighted by atomic mass is 9.96. The van der Waals surface area contributed by atoms with Crippen molar-refractivity contribution in [1.29, 1.82) is 0 Å². The third-order valence-electron chi connectivity index (χ3n) is 4.08. The Morgan fingerprint density at radius 3 is 2.61 bits per heavy atom. The normalized spacial score (nSPS) is 12.0. The van der Waals surface area contributed by atoms with E-state index in [1.54, 1.807) is 0 Å². The largest absolute Gasteiger partial charge is 0.488 e. The van der Waals surface area contributed by atoms with E-state index in [2.05, 4.69) is 4.98 Å². The first kappa shape index (κ1) is 13.6. The summed E-state index contributed by atoms with van der Waals surface area (Å²) in [6.45, 7) is 0.421. The molecule has 1 N–H and O–H groups in total. The predicted molar refractivity (Wildman–Crippen MR) is 87.3 cm³/mol. The fourth-order valence-corrected chi connectivity index (χ4v) is 3.04. The van der Waals surface area contributed by atoms with Crippen LogP contribution in [0.4, 0.5) is 0 Å². The van der Waals surface area contributed by atoms with Gasteiger partial charge in [0.05, 0.1) is 12.8 Å². The van der Waals surface area contributed by atoms with Gasteiger partial charge in [0, 0.05) is 16.7 Å². The number of carbonyl (C=O) groups is 1. The monoisotopic (exact) mass is 305 g/mol. The minimum Gasteiger partial charge on any atom is -0.488 e. The summed E-state index contributed by atoms with van der Waals surface area (Å²) in [5.74, 6) is 0.438. The lowest BCUT2D eigenvalue weighted by Gasteiger charge is -2.18. The van der Waals surface area contributed by atoms with Crippen LogP contribution in [0.2, 0.25) is 0 Å². The number of hydrogen-bond donors (Lipinski definition) is 1. The van der Waals surface area contributed by atoms with Gasteiger partial charge >= 0.3 is 5.97 Å². The van der Waals surface area contributed by atoms with Crippen molar-refractivity contribution in [2.75, 3.05) is 7.11 Å². The molecule has 0 saturated carbocycles. The van der Waals surface area contributed by atoms with Crippen LogP contribution in [0.5, 0.6) is 5.75 Å². The molecular weight excluding hydrogens is 290 g/mol. The van der Waals surface area contributed by atoms with Crippen molar-refractivity contribution in [3.8, 4) is 28.1 Å². The zero-order valence-electron chi connectivity index (χ0n) is 12.6. The minimum absolute atomic E-state index is 0.379. The second kappa shape index (κ2) is 5.32. The highest BCUT2D eigenvalue weighted by atomic mass is 16.5. The van der Waals surface area contributed by atoms with Crippen molar-refractivity contribution in [1.82, 2.24) is 4.98 Å². The molecule has 3 aromatic rings. The van der Waals surface area contributed by atoms with E-state index in [0.717, 1.165) is 33.7 Å². The molecule has 2 aromatic carbocycles. The van der Waals surface area contributed by atoms with E-state index < -0.39 is 0 Å². The summed E-state index contributed by atoms with van der Waals surface area (Å²) in [4.78, 5) is 15.5. The number of H-pyrrole nitrogens is 1. The average Bonchev–Trinajstić information content (AvgIpc) is 3.01. The molecule has 4 heteroatoms. The number of methoxy groups -OCH3 is 1. The summed E-state index contributed by atoms with van der Waals surface area (Å²) in [6.07, 6.45) is 0. The van der Waals surface area contributed by atoms with Crippen LogP contribution in [0, 0.1) is 0 Å². The smallest absolute Gasteiger partial charge is 0.355 e. The Morgan fingerprint density at radius 2 is 1.83 bits per heavy atom. The summed E-state index contributed by atoms with van der Waals surface area (Å²) in [5, 5.41) is 0. The van der Waals surface area contributed by atoms with Gasteiger partial charge in [0.2, 0.25) is 0 Å². The first-order chi connectivity index (χ1) is 11.3. The van der Waals surface area contributed by atoms with Crippen molar-refractivity contribution in [3.63, 3.8) is 0 Å². The second-order valence-corrected chi connectivity index (χ2v) is 5.37. The van der Waals surface area contributed by atoms with E-state index >= 15 is 0 Å². The van der Waals surface area contributed by atoms with Gasteiger partial charge < -0.3 is 14.5 Å². The SMILES string of the molecule is COC(=O)c1[nH]c2c(c1-c1ccccc1)COc1ccccc1-2. The van der Waals surface area contributed by atoms with Crippen molar-refractivity contribution in [3.05, 3.63) is 65.9 Å². The van der Waals surface area contributed by atoms with Gasteiger partial charge in [-0.1, -0.05) is 42.5 Å². The van der Waals surface area contributed by atoms with Gasteiger partial charge in [0.1, 0.15) is 18.1 Å². The molecule has 1 aliphatic rings. The first-order valence-electron chi connectivity index (χ1n) is 7.40. The molecule has 0 atom stereocenters. The van der Waals surface area contributed by atoms with Crippen LogP contribution in [0.3, 0.4) is 0 Å². The molecule has 0 unspecified atom stereocenters. The van der Waals surface area contributed by atoms with Crippen LogP contribution in [0.15, 0.2) is 54.6 Å². The standard InChI is InChI=1S/C19H15NO3/c1-22-19(21)18-16(12-7-3-2-4-8-12)14-11-23-15-10-6-5-9-13(15)17(14)20-18/h2-10,20H,11H2,1H3. The zero-order valence-corrected chi connectivity index (χ0v) is 12.6. The van der Waals surface area contributed by atoms with E-state index in [4.69, 9.17) is 9.47 Å². The number of esters is 1. The highest BCUT2D eigenvalue weighted by molar-refractivity contribution is 5.99. The molecule has 0 amide bonds. The van der Waals surface area contributed by atoms with E-state index in [-0.39, 0.29) is 5.97 Å². The Balaban J connectivity index is 2.00. The summed E-state index contributed by atoms with van der Waals surface area (Å²) in [6, 6.07) is 17.6. The summed E-state index contributed by atoms with van der Waals surface area (Å²) < 4.78 is 10.8. The Labute approximate surface area is 133 Å². The summed E-state index contributed by atoms with van der Waals surface area (Å²) in [7, 11) is 1.39. The number of ether oxygens (including phenoxy) is 2. The predicted octanol–water partition coefficient (Wildman–Crippen LogP) is 4.03. The molecule has 4 nitrogen and oxygen atoms in total. The van der Waals surface area contributed by atoms with Gasteiger partial charge in [-0.25, -0.2) is 4.79 Å². The quantitative estimate of drug-likeness (QED) is 0.727. The van der Waals surface area contributed by atoms with Gasteiger partial charge in [0.15, 0.2) is 0 Å².